The van der Waals surface area contributed by atoms with Crippen molar-refractivity contribution in [2.24, 2.45) is 0 Å². The molecular weight excluding hydrogens is 440 g/mol. The normalized spacial score (nSPS) is 10.8. The summed E-state index contributed by atoms with van der Waals surface area (Å²) in [6, 6.07) is 24.9. The van der Waals surface area contributed by atoms with Crippen LogP contribution in [0.4, 0.5) is 0 Å². The molecule has 0 saturated carbocycles. The van der Waals surface area contributed by atoms with E-state index in [1.54, 1.807) is 38.0 Å². The maximum Gasteiger partial charge on any atom is 0.251 e. The van der Waals surface area contributed by atoms with E-state index in [1.165, 1.54) is 0 Å². The Balaban J connectivity index is 1.31. The third-order valence-electron chi connectivity index (χ3n) is 5.67. The number of methoxy groups -OCH3 is 1. The van der Waals surface area contributed by atoms with Gasteiger partial charge in [0.1, 0.15) is 24.4 Å². The van der Waals surface area contributed by atoms with Crippen LogP contribution in [-0.2, 0) is 13.2 Å². The fourth-order valence-electron chi connectivity index (χ4n) is 3.85. The van der Waals surface area contributed by atoms with Crippen LogP contribution in [0, 0.1) is 0 Å². The zero-order chi connectivity index (χ0) is 24.0. The zero-order valence-electron chi connectivity index (χ0n) is 19.2. The van der Waals surface area contributed by atoms with E-state index in [0.29, 0.717) is 18.7 Å². The van der Waals surface area contributed by atoms with Gasteiger partial charge in [0.05, 0.1) is 23.8 Å². The summed E-state index contributed by atoms with van der Waals surface area (Å²) < 4.78 is 13.4. The topological polar surface area (TPSA) is 78.3 Å². The van der Waals surface area contributed by atoms with Gasteiger partial charge < -0.3 is 14.8 Å². The second-order valence-corrected chi connectivity index (χ2v) is 7.96. The lowest BCUT2D eigenvalue weighted by Gasteiger charge is -2.11. The summed E-state index contributed by atoms with van der Waals surface area (Å²) in [7, 11) is 1.65. The highest BCUT2D eigenvalue weighted by Crippen LogP contribution is 2.24. The van der Waals surface area contributed by atoms with Gasteiger partial charge in [0, 0.05) is 36.1 Å². The molecule has 0 fully saturated rings. The lowest BCUT2D eigenvalue weighted by atomic mass is 10.1. The molecule has 0 aliphatic rings. The molecule has 3 aromatic carbocycles. The number of aromatic nitrogens is 3. The van der Waals surface area contributed by atoms with Gasteiger partial charge in [0.2, 0.25) is 0 Å². The number of nitrogens with zero attached hydrogens (tertiary/aromatic N) is 3. The van der Waals surface area contributed by atoms with E-state index >= 15 is 0 Å². The largest absolute Gasteiger partial charge is 0.496 e. The molecule has 5 rings (SSSR count). The summed E-state index contributed by atoms with van der Waals surface area (Å²) in [5, 5.41) is 2.92. The van der Waals surface area contributed by atoms with E-state index in [9.17, 15) is 4.79 Å². The van der Waals surface area contributed by atoms with Crippen LogP contribution >= 0.6 is 0 Å². The maximum absolute atomic E-state index is 12.6. The monoisotopic (exact) mass is 464 g/mol. The summed E-state index contributed by atoms with van der Waals surface area (Å²) in [5.74, 6) is 1.38. The Morgan fingerprint density at radius 2 is 1.91 bits per heavy atom. The second kappa shape index (κ2) is 10.1. The van der Waals surface area contributed by atoms with Gasteiger partial charge in [0.25, 0.3) is 5.91 Å². The predicted octanol–water partition coefficient (Wildman–Crippen LogP) is 4.94. The number of imidazole rings is 1. The quantitative estimate of drug-likeness (QED) is 0.352. The maximum atomic E-state index is 12.6. The first-order chi connectivity index (χ1) is 17.2. The molecule has 0 atom stereocenters. The third-order valence-corrected chi connectivity index (χ3v) is 5.67. The van der Waals surface area contributed by atoms with Crippen molar-refractivity contribution in [3.05, 3.63) is 114 Å². The fraction of sp³-hybridized carbons (Fsp3) is 0.107. The van der Waals surface area contributed by atoms with Crippen molar-refractivity contribution >= 4 is 16.9 Å². The highest BCUT2D eigenvalue weighted by atomic mass is 16.5. The molecule has 0 unspecified atom stereocenters. The average molecular weight is 465 g/mol. The Bertz CT molecular complexity index is 1460. The van der Waals surface area contributed by atoms with Crippen LogP contribution in [0.25, 0.3) is 16.7 Å². The number of hydrogen-bond acceptors (Lipinski definition) is 5. The standard InChI is InChI=1S/C28H24N4O3/c1-34-27-10-3-2-7-22(27)18-35-24-9-4-8-23(15-24)32-19-31-25-14-21(11-12-26(25)32)28(33)30-17-20-6-5-13-29-16-20/h2-16,19H,17-18H2,1H3,(H,30,33). The molecule has 0 saturated heterocycles. The lowest BCUT2D eigenvalue weighted by molar-refractivity contribution is 0.0951. The minimum atomic E-state index is -0.156. The Hall–Kier alpha value is -4.65. The minimum absolute atomic E-state index is 0.156. The molecule has 0 radical (unpaired) electrons. The molecule has 2 aromatic heterocycles. The molecule has 2 heterocycles. The van der Waals surface area contributed by atoms with Gasteiger partial charge in [-0.05, 0) is 48.0 Å². The number of nitrogens with one attached hydrogen (secondary N) is 1. The number of amides is 1. The van der Waals surface area contributed by atoms with Crippen molar-refractivity contribution < 1.29 is 14.3 Å². The molecule has 7 heteroatoms. The summed E-state index contributed by atoms with van der Waals surface area (Å²) >= 11 is 0. The van der Waals surface area contributed by atoms with E-state index < -0.39 is 0 Å². The van der Waals surface area contributed by atoms with Crippen molar-refractivity contribution in [1.82, 2.24) is 19.9 Å². The van der Waals surface area contributed by atoms with Gasteiger partial charge in [-0.2, -0.15) is 0 Å². The molecule has 1 amide bonds. The Labute approximate surface area is 203 Å². The van der Waals surface area contributed by atoms with E-state index in [1.807, 2.05) is 71.3 Å². The first-order valence-electron chi connectivity index (χ1n) is 11.2. The van der Waals surface area contributed by atoms with Gasteiger partial charge in [-0.25, -0.2) is 4.98 Å². The van der Waals surface area contributed by atoms with Gasteiger partial charge in [-0.1, -0.05) is 30.3 Å². The lowest BCUT2D eigenvalue weighted by Crippen LogP contribution is -2.22. The summed E-state index contributed by atoms with van der Waals surface area (Å²) in [6.45, 7) is 0.816. The first kappa shape index (κ1) is 22.2. The van der Waals surface area contributed by atoms with Gasteiger partial charge in [-0.3, -0.25) is 14.3 Å². The molecule has 0 spiro atoms. The number of pyridine rings is 1. The number of carbonyl (C=O) groups excluding carboxylic acids is 1. The Morgan fingerprint density at radius 3 is 2.77 bits per heavy atom. The van der Waals surface area contributed by atoms with E-state index in [-0.39, 0.29) is 5.91 Å². The molecular formula is C28H24N4O3. The predicted molar refractivity (Wildman–Crippen MR) is 134 cm³/mol. The first-order valence-corrected chi connectivity index (χ1v) is 11.2. The number of rotatable bonds is 8. The molecule has 1 N–H and O–H groups in total. The van der Waals surface area contributed by atoms with Gasteiger partial charge in [-0.15, -0.1) is 0 Å². The third kappa shape index (κ3) is 4.99. The number of fused-ring (bicyclic) bond motifs is 1. The van der Waals surface area contributed by atoms with Crippen LogP contribution in [0.2, 0.25) is 0 Å². The van der Waals surface area contributed by atoms with Crippen molar-refractivity contribution in [2.45, 2.75) is 13.2 Å². The van der Waals surface area contributed by atoms with E-state index in [2.05, 4.69) is 15.3 Å². The summed E-state index contributed by atoms with van der Waals surface area (Å²) in [4.78, 5) is 21.2. The van der Waals surface area contributed by atoms with Crippen molar-refractivity contribution in [1.29, 1.82) is 0 Å². The number of para-hydroxylation sites is 1. The smallest absolute Gasteiger partial charge is 0.251 e. The van der Waals surface area contributed by atoms with Crippen LogP contribution in [0.3, 0.4) is 0 Å². The second-order valence-electron chi connectivity index (χ2n) is 7.96. The number of hydrogen-bond donors (Lipinski definition) is 1. The molecule has 7 nitrogen and oxygen atoms in total. The van der Waals surface area contributed by atoms with Crippen LogP contribution in [0.1, 0.15) is 21.5 Å². The number of carbonyl (C=O) groups is 1. The summed E-state index contributed by atoms with van der Waals surface area (Å²) in [5.41, 5.74) is 5.02. The van der Waals surface area contributed by atoms with Crippen molar-refractivity contribution in [2.75, 3.05) is 7.11 Å². The Kier molecular flexibility index (Phi) is 6.39. The highest BCUT2D eigenvalue weighted by Gasteiger charge is 2.11. The van der Waals surface area contributed by atoms with E-state index in [4.69, 9.17) is 9.47 Å². The summed E-state index contributed by atoms with van der Waals surface area (Å²) in [6.07, 6.45) is 5.19. The average Bonchev–Trinajstić information content (AvgIpc) is 3.35. The highest BCUT2D eigenvalue weighted by molar-refractivity contribution is 5.97. The van der Waals surface area contributed by atoms with Gasteiger partial charge in [0.15, 0.2) is 0 Å². The van der Waals surface area contributed by atoms with Crippen LogP contribution in [0.5, 0.6) is 11.5 Å². The minimum Gasteiger partial charge on any atom is -0.496 e. The Morgan fingerprint density at radius 1 is 1.00 bits per heavy atom. The van der Waals surface area contributed by atoms with Crippen LogP contribution < -0.4 is 14.8 Å². The van der Waals surface area contributed by atoms with Crippen LogP contribution in [-0.4, -0.2) is 27.6 Å². The van der Waals surface area contributed by atoms with Crippen molar-refractivity contribution in [3.63, 3.8) is 0 Å². The SMILES string of the molecule is COc1ccccc1COc1cccc(-n2cnc3cc(C(=O)NCc4cccnc4)ccc32)c1. The van der Waals surface area contributed by atoms with Crippen molar-refractivity contribution in [3.8, 4) is 17.2 Å². The number of ether oxygens (including phenoxy) is 2. The molecule has 0 bridgehead atoms. The van der Waals surface area contributed by atoms with Crippen LogP contribution in [0.15, 0.2) is 97.6 Å². The number of benzene rings is 3. The fourth-order valence-corrected chi connectivity index (χ4v) is 3.85. The molecule has 174 valence electrons. The molecule has 5 aromatic rings. The molecule has 35 heavy (non-hydrogen) atoms. The van der Waals surface area contributed by atoms with E-state index in [0.717, 1.165) is 39.3 Å². The molecule has 0 aliphatic heterocycles. The van der Waals surface area contributed by atoms with Gasteiger partial charge >= 0.3 is 0 Å². The zero-order valence-corrected chi connectivity index (χ0v) is 19.2. The molecule has 0 aliphatic carbocycles.